The number of rotatable bonds is 7. The molecular formula is C16H17ClN2O5S. The lowest BCUT2D eigenvalue weighted by atomic mass is 10.1. The minimum Gasteiger partial charge on any atom is -0.493 e. The fourth-order valence-corrected chi connectivity index (χ4v) is 3.39. The maximum Gasteiger partial charge on any atom is 0.286 e. The third-order valence-corrected chi connectivity index (χ3v) is 4.59. The highest BCUT2D eigenvalue weighted by Crippen LogP contribution is 2.35. The van der Waals surface area contributed by atoms with Crippen LogP contribution in [0.2, 0.25) is 4.34 Å². The van der Waals surface area contributed by atoms with Crippen molar-refractivity contribution < 1.29 is 19.2 Å². The van der Waals surface area contributed by atoms with Gasteiger partial charge in [0.2, 0.25) is 0 Å². The standard InChI is InChI=1S/C16H17ClN2O5S/c1-4-24-14-8-12(19(21)22)11(7-13(14)23-3)16(20)18(2)9-10-5-6-15(17)25-10/h5-8H,4,9H2,1-3H3. The first kappa shape index (κ1) is 19.0. The van der Waals surface area contributed by atoms with Crippen LogP contribution in [0, 0.1) is 10.1 Å². The largest absolute Gasteiger partial charge is 0.493 e. The van der Waals surface area contributed by atoms with E-state index in [9.17, 15) is 14.9 Å². The van der Waals surface area contributed by atoms with Gasteiger partial charge >= 0.3 is 0 Å². The second-order valence-corrected chi connectivity index (χ2v) is 6.88. The number of methoxy groups -OCH3 is 1. The van der Waals surface area contributed by atoms with Crippen LogP contribution in [0.25, 0.3) is 0 Å². The second-order valence-electron chi connectivity index (χ2n) is 5.08. The zero-order valence-corrected chi connectivity index (χ0v) is 15.5. The fraction of sp³-hybridized carbons (Fsp3) is 0.312. The minimum atomic E-state index is -0.606. The fourth-order valence-electron chi connectivity index (χ4n) is 2.25. The Labute approximate surface area is 153 Å². The number of carbonyl (C=O) groups is 1. The Morgan fingerprint density at radius 3 is 2.60 bits per heavy atom. The van der Waals surface area contributed by atoms with Gasteiger partial charge in [0.25, 0.3) is 11.6 Å². The molecule has 9 heteroatoms. The van der Waals surface area contributed by atoms with Crippen molar-refractivity contribution in [2.45, 2.75) is 13.5 Å². The van der Waals surface area contributed by atoms with E-state index in [0.29, 0.717) is 17.5 Å². The lowest BCUT2D eigenvalue weighted by molar-refractivity contribution is -0.385. The quantitative estimate of drug-likeness (QED) is 0.532. The van der Waals surface area contributed by atoms with E-state index in [4.69, 9.17) is 21.1 Å². The van der Waals surface area contributed by atoms with Gasteiger partial charge in [-0.05, 0) is 19.1 Å². The van der Waals surface area contributed by atoms with E-state index in [1.54, 1.807) is 20.0 Å². The number of hydrogen-bond donors (Lipinski definition) is 0. The van der Waals surface area contributed by atoms with Crippen LogP contribution in [0.4, 0.5) is 5.69 Å². The van der Waals surface area contributed by atoms with Crippen molar-refractivity contribution in [1.29, 1.82) is 0 Å². The van der Waals surface area contributed by atoms with E-state index in [1.807, 2.05) is 6.07 Å². The number of ether oxygens (including phenoxy) is 2. The normalized spacial score (nSPS) is 10.4. The number of hydrogen-bond acceptors (Lipinski definition) is 6. The molecule has 1 aromatic heterocycles. The molecule has 0 aliphatic heterocycles. The van der Waals surface area contributed by atoms with Crippen molar-refractivity contribution in [3.8, 4) is 11.5 Å². The van der Waals surface area contributed by atoms with Crippen LogP contribution in [0.1, 0.15) is 22.2 Å². The summed E-state index contributed by atoms with van der Waals surface area (Å²) in [5, 5.41) is 11.4. The summed E-state index contributed by atoms with van der Waals surface area (Å²) in [7, 11) is 2.98. The summed E-state index contributed by atoms with van der Waals surface area (Å²) in [5.74, 6) is 0.00174. The summed E-state index contributed by atoms with van der Waals surface area (Å²) < 4.78 is 11.2. The van der Waals surface area contributed by atoms with E-state index >= 15 is 0 Å². The van der Waals surface area contributed by atoms with Crippen molar-refractivity contribution in [1.82, 2.24) is 4.90 Å². The predicted octanol–water partition coefficient (Wildman–Crippen LogP) is 3.99. The molecule has 0 bridgehead atoms. The molecule has 1 heterocycles. The molecule has 0 aliphatic rings. The van der Waals surface area contributed by atoms with Crippen molar-refractivity contribution >= 4 is 34.5 Å². The number of halogens is 1. The molecule has 134 valence electrons. The highest BCUT2D eigenvalue weighted by Gasteiger charge is 2.27. The van der Waals surface area contributed by atoms with Gasteiger partial charge in [-0.3, -0.25) is 14.9 Å². The molecule has 0 saturated carbocycles. The third-order valence-electron chi connectivity index (χ3n) is 3.38. The Bertz CT molecular complexity index is 793. The van der Waals surface area contributed by atoms with E-state index in [2.05, 4.69) is 0 Å². The molecule has 0 aliphatic carbocycles. The highest BCUT2D eigenvalue weighted by atomic mass is 35.5. The number of nitrogens with zero attached hydrogens (tertiary/aromatic N) is 2. The molecule has 1 aromatic carbocycles. The SMILES string of the molecule is CCOc1cc([N+](=O)[O-])c(C(=O)N(C)Cc2ccc(Cl)s2)cc1OC. The molecule has 7 nitrogen and oxygen atoms in total. The Morgan fingerprint density at radius 1 is 1.36 bits per heavy atom. The van der Waals surface area contributed by atoms with Gasteiger partial charge in [0.1, 0.15) is 5.56 Å². The second kappa shape index (κ2) is 8.17. The maximum absolute atomic E-state index is 12.7. The van der Waals surface area contributed by atoms with Crippen molar-refractivity contribution in [3.63, 3.8) is 0 Å². The van der Waals surface area contributed by atoms with Gasteiger partial charge in [-0.15, -0.1) is 11.3 Å². The maximum atomic E-state index is 12.7. The van der Waals surface area contributed by atoms with Crippen LogP contribution in [0.5, 0.6) is 11.5 Å². The first-order valence-corrected chi connectivity index (χ1v) is 8.55. The average molecular weight is 385 g/mol. The van der Waals surface area contributed by atoms with E-state index in [1.165, 1.54) is 35.5 Å². The Morgan fingerprint density at radius 2 is 2.08 bits per heavy atom. The molecule has 2 aromatic rings. The molecule has 25 heavy (non-hydrogen) atoms. The monoisotopic (exact) mass is 384 g/mol. The molecular weight excluding hydrogens is 368 g/mol. The van der Waals surface area contributed by atoms with Gasteiger partial charge in [-0.2, -0.15) is 0 Å². The number of thiophene rings is 1. The smallest absolute Gasteiger partial charge is 0.286 e. The molecule has 0 atom stereocenters. The molecule has 0 N–H and O–H groups in total. The third kappa shape index (κ3) is 4.40. The number of amides is 1. The summed E-state index contributed by atoms with van der Waals surface area (Å²) in [4.78, 5) is 25.8. The van der Waals surface area contributed by atoms with Crippen molar-refractivity contribution in [2.75, 3.05) is 20.8 Å². The van der Waals surface area contributed by atoms with E-state index < -0.39 is 10.8 Å². The van der Waals surface area contributed by atoms with Gasteiger partial charge in [0.05, 0.1) is 35.6 Å². The van der Waals surface area contributed by atoms with Gasteiger partial charge in [0, 0.05) is 18.0 Å². The van der Waals surface area contributed by atoms with Crippen LogP contribution >= 0.6 is 22.9 Å². The summed E-state index contributed by atoms with van der Waals surface area (Å²) in [6, 6.07) is 6.10. The number of nitro groups is 1. The summed E-state index contributed by atoms with van der Waals surface area (Å²) in [6.45, 7) is 2.37. The van der Waals surface area contributed by atoms with Crippen LogP contribution in [-0.2, 0) is 6.54 Å². The first-order chi connectivity index (χ1) is 11.9. The van der Waals surface area contributed by atoms with Gasteiger partial charge in [-0.25, -0.2) is 0 Å². The highest BCUT2D eigenvalue weighted by molar-refractivity contribution is 7.16. The average Bonchev–Trinajstić information content (AvgIpc) is 2.98. The zero-order chi connectivity index (χ0) is 18.6. The van der Waals surface area contributed by atoms with Crippen LogP contribution in [0.15, 0.2) is 24.3 Å². The van der Waals surface area contributed by atoms with Crippen LogP contribution in [-0.4, -0.2) is 36.5 Å². The Hall–Kier alpha value is -2.32. The van der Waals surface area contributed by atoms with Gasteiger partial charge in [0.15, 0.2) is 11.5 Å². The summed E-state index contributed by atoms with van der Waals surface area (Å²) >= 11 is 7.24. The lowest BCUT2D eigenvalue weighted by Gasteiger charge is -2.17. The first-order valence-electron chi connectivity index (χ1n) is 7.36. The summed E-state index contributed by atoms with van der Waals surface area (Å²) in [5.41, 5.74) is -0.388. The number of carbonyl (C=O) groups excluding carboxylic acids is 1. The molecule has 0 spiro atoms. The Kier molecular flexibility index (Phi) is 6.22. The van der Waals surface area contributed by atoms with E-state index in [0.717, 1.165) is 4.88 Å². The van der Waals surface area contributed by atoms with Crippen LogP contribution < -0.4 is 9.47 Å². The van der Waals surface area contributed by atoms with Crippen molar-refractivity contribution in [2.24, 2.45) is 0 Å². The van der Waals surface area contributed by atoms with Gasteiger partial charge in [-0.1, -0.05) is 11.6 Å². The van der Waals surface area contributed by atoms with E-state index in [-0.39, 0.29) is 22.7 Å². The summed E-state index contributed by atoms with van der Waals surface area (Å²) in [6.07, 6.45) is 0. The Balaban J connectivity index is 2.37. The minimum absolute atomic E-state index is 0.0598. The predicted molar refractivity (Wildman–Crippen MR) is 95.9 cm³/mol. The van der Waals surface area contributed by atoms with Gasteiger partial charge < -0.3 is 14.4 Å². The molecule has 2 rings (SSSR count). The topological polar surface area (TPSA) is 81.9 Å². The van der Waals surface area contributed by atoms with Crippen molar-refractivity contribution in [3.05, 3.63) is 49.2 Å². The number of benzene rings is 1. The molecule has 0 fully saturated rings. The number of nitro benzene ring substituents is 1. The van der Waals surface area contributed by atoms with Crippen LogP contribution in [0.3, 0.4) is 0 Å². The zero-order valence-electron chi connectivity index (χ0n) is 13.9. The molecule has 0 unspecified atom stereocenters. The lowest BCUT2D eigenvalue weighted by Crippen LogP contribution is -2.26. The molecule has 0 saturated heterocycles. The molecule has 0 radical (unpaired) electrons. The molecule has 1 amide bonds.